The Labute approximate surface area is 196 Å². The molecule has 1 aliphatic carbocycles. The lowest BCUT2D eigenvalue weighted by atomic mass is 10.1. The summed E-state index contributed by atoms with van der Waals surface area (Å²) in [7, 11) is 0. The molecule has 3 aromatic heterocycles. The summed E-state index contributed by atoms with van der Waals surface area (Å²) in [6.07, 6.45) is 11.2. The maximum atomic E-state index is 14.8. The molecule has 2 aliphatic rings. The highest BCUT2D eigenvalue weighted by atomic mass is 19.1. The van der Waals surface area contributed by atoms with E-state index in [1.807, 2.05) is 36.0 Å². The average Bonchev–Trinajstić information content (AvgIpc) is 3.41. The van der Waals surface area contributed by atoms with E-state index < -0.39 is 11.7 Å². The predicted octanol–water partition coefficient (Wildman–Crippen LogP) is 5.04. The zero-order valence-corrected chi connectivity index (χ0v) is 19.0. The monoisotopic (exact) mass is 456 g/mol. The molecule has 1 aliphatic heterocycles. The number of nitrogens with zero attached hydrogens (tertiary/aromatic N) is 5. The van der Waals surface area contributed by atoms with Crippen molar-refractivity contribution in [1.82, 2.24) is 24.1 Å². The van der Waals surface area contributed by atoms with Crippen LogP contribution >= 0.6 is 0 Å². The molecule has 34 heavy (non-hydrogen) atoms. The summed E-state index contributed by atoms with van der Waals surface area (Å²) >= 11 is 0. The lowest BCUT2D eigenvalue weighted by Gasteiger charge is -2.16. The van der Waals surface area contributed by atoms with E-state index in [0.29, 0.717) is 17.4 Å². The van der Waals surface area contributed by atoms with Gasteiger partial charge in [-0.15, -0.1) is 0 Å². The molecule has 1 fully saturated rings. The first kappa shape index (κ1) is 20.8. The molecule has 4 heterocycles. The zero-order chi connectivity index (χ0) is 23.2. The minimum absolute atomic E-state index is 0.0346. The van der Waals surface area contributed by atoms with Gasteiger partial charge in [-0.05, 0) is 68.9 Å². The van der Waals surface area contributed by atoms with Crippen molar-refractivity contribution in [1.29, 1.82) is 0 Å². The Bertz CT molecular complexity index is 1400. The van der Waals surface area contributed by atoms with Gasteiger partial charge in [0, 0.05) is 30.6 Å². The number of nitrogens with one attached hydrogen (secondary N) is 1. The lowest BCUT2D eigenvalue weighted by molar-refractivity contribution is 0.102. The minimum Gasteiger partial charge on any atom is -0.327 e. The van der Waals surface area contributed by atoms with E-state index >= 15 is 0 Å². The molecule has 0 radical (unpaired) electrons. The van der Waals surface area contributed by atoms with Gasteiger partial charge in [0.15, 0.2) is 5.82 Å². The highest BCUT2D eigenvalue weighted by Crippen LogP contribution is 2.39. The number of anilines is 1. The summed E-state index contributed by atoms with van der Waals surface area (Å²) in [5.41, 5.74) is 4.36. The largest absolute Gasteiger partial charge is 0.327 e. The van der Waals surface area contributed by atoms with E-state index in [-0.39, 0.29) is 5.56 Å². The molecule has 0 saturated heterocycles. The minimum atomic E-state index is -0.570. The third-order valence-corrected chi connectivity index (χ3v) is 6.63. The first-order chi connectivity index (χ1) is 16.6. The predicted molar refractivity (Wildman–Crippen MR) is 127 cm³/mol. The molecule has 172 valence electrons. The van der Waals surface area contributed by atoms with E-state index in [4.69, 9.17) is 0 Å². The van der Waals surface area contributed by atoms with E-state index in [2.05, 4.69) is 24.8 Å². The molecule has 1 amide bonds. The van der Waals surface area contributed by atoms with Gasteiger partial charge in [-0.1, -0.05) is 6.07 Å². The molecule has 0 atom stereocenters. The molecular weight excluding hydrogens is 431 g/mol. The van der Waals surface area contributed by atoms with Crippen LogP contribution in [0.5, 0.6) is 0 Å². The van der Waals surface area contributed by atoms with Crippen molar-refractivity contribution in [2.24, 2.45) is 0 Å². The molecule has 0 bridgehead atoms. The highest BCUT2D eigenvalue weighted by Gasteiger charge is 2.26. The molecule has 8 heteroatoms. The van der Waals surface area contributed by atoms with Crippen LogP contribution in [0.2, 0.25) is 0 Å². The van der Waals surface area contributed by atoms with Gasteiger partial charge in [-0.2, -0.15) is 0 Å². The van der Waals surface area contributed by atoms with Crippen LogP contribution in [-0.2, 0) is 13.0 Å². The van der Waals surface area contributed by atoms with Crippen LogP contribution < -0.4 is 5.32 Å². The number of aryl methyl sites for hydroxylation is 2. The van der Waals surface area contributed by atoms with Crippen molar-refractivity contribution in [3.63, 3.8) is 0 Å². The average molecular weight is 457 g/mol. The number of carbonyl (C=O) groups excluding carboxylic acids is 1. The van der Waals surface area contributed by atoms with E-state index in [0.717, 1.165) is 55.0 Å². The van der Waals surface area contributed by atoms with Crippen LogP contribution in [0.4, 0.5) is 10.2 Å². The molecule has 6 rings (SSSR count). The second kappa shape index (κ2) is 8.20. The maximum Gasteiger partial charge on any atom is 0.259 e. The molecule has 1 saturated carbocycles. The van der Waals surface area contributed by atoms with E-state index in [1.165, 1.54) is 18.2 Å². The van der Waals surface area contributed by atoms with E-state index in [9.17, 15) is 9.18 Å². The van der Waals surface area contributed by atoms with Crippen molar-refractivity contribution in [2.45, 2.75) is 51.5 Å². The van der Waals surface area contributed by atoms with Gasteiger partial charge in [0.25, 0.3) is 5.91 Å². The summed E-state index contributed by atoms with van der Waals surface area (Å²) in [6, 6.07) is 8.37. The fraction of sp³-hybridized carbons (Fsp3) is 0.308. The molecule has 0 spiro atoms. The van der Waals surface area contributed by atoms with Crippen molar-refractivity contribution in [3.05, 3.63) is 77.4 Å². The van der Waals surface area contributed by atoms with Crippen molar-refractivity contribution in [3.8, 4) is 17.2 Å². The van der Waals surface area contributed by atoms with Gasteiger partial charge in [0.05, 0.1) is 23.3 Å². The Morgan fingerprint density at radius 1 is 1.18 bits per heavy atom. The van der Waals surface area contributed by atoms with Gasteiger partial charge in [-0.3, -0.25) is 4.79 Å². The van der Waals surface area contributed by atoms with Crippen LogP contribution in [0.15, 0.2) is 49.1 Å². The summed E-state index contributed by atoms with van der Waals surface area (Å²) in [4.78, 5) is 26.7. The molecule has 0 unspecified atom stereocenters. The van der Waals surface area contributed by atoms with Crippen molar-refractivity contribution < 1.29 is 9.18 Å². The van der Waals surface area contributed by atoms with Crippen LogP contribution in [0.25, 0.3) is 17.2 Å². The first-order valence-electron chi connectivity index (χ1n) is 11.7. The Balaban J connectivity index is 1.27. The normalized spacial score (nSPS) is 15.2. The number of benzene rings is 1. The summed E-state index contributed by atoms with van der Waals surface area (Å²) in [5.74, 6) is 0.552. The fourth-order valence-electron chi connectivity index (χ4n) is 4.63. The number of hydrogen-bond donors (Lipinski definition) is 1. The standard InChI is InChI=1S/C26H25FN6O/c1-16-11-20(27)19(12-23(16)32-14-22(29-15-32)17-8-9-17)26(34)31-24-7-4-6-21(30-24)25-28-13-18-5-2-3-10-33(18)25/h4,6-7,11-15,17H,2-3,5,8-10H2,1H3,(H,30,31,34). The zero-order valence-electron chi connectivity index (χ0n) is 19.0. The number of halogens is 1. The summed E-state index contributed by atoms with van der Waals surface area (Å²) in [6.45, 7) is 2.74. The third kappa shape index (κ3) is 3.79. The number of imidazole rings is 2. The Morgan fingerprint density at radius 3 is 2.91 bits per heavy atom. The Hall–Kier alpha value is -3.81. The second-order valence-corrected chi connectivity index (χ2v) is 9.14. The number of aromatic nitrogens is 5. The number of pyridine rings is 1. The molecule has 4 aromatic rings. The molecule has 1 N–H and O–H groups in total. The number of carbonyl (C=O) groups is 1. The van der Waals surface area contributed by atoms with Crippen molar-refractivity contribution >= 4 is 11.7 Å². The van der Waals surface area contributed by atoms with E-state index in [1.54, 1.807) is 18.5 Å². The second-order valence-electron chi connectivity index (χ2n) is 9.14. The van der Waals surface area contributed by atoms with Crippen LogP contribution in [-0.4, -0.2) is 30.0 Å². The van der Waals surface area contributed by atoms with Gasteiger partial charge >= 0.3 is 0 Å². The number of hydrogen-bond acceptors (Lipinski definition) is 4. The quantitative estimate of drug-likeness (QED) is 0.456. The first-order valence-corrected chi connectivity index (χ1v) is 11.7. The Kier molecular flexibility index (Phi) is 5.01. The highest BCUT2D eigenvalue weighted by molar-refractivity contribution is 6.04. The number of fused-ring (bicyclic) bond motifs is 1. The fourth-order valence-corrected chi connectivity index (χ4v) is 4.63. The van der Waals surface area contributed by atoms with Crippen molar-refractivity contribution in [2.75, 3.05) is 5.32 Å². The Morgan fingerprint density at radius 2 is 2.06 bits per heavy atom. The molecule has 1 aromatic carbocycles. The van der Waals surface area contributed by atoms with Gasteiger partial charge in [0.2, 0.25) is 0 Å². The topological polar surface area (TPSA) is 77.6 Å². The van der Waals surface area contributed by atoms with Crippen LogP contribution in [0, 0.1) is 12.7 Å². The van der Waals surface area contributed by atoms with Gasteiger partial charge in [-0.25, -0.2) is 19.3 Å². The molecular formula is C26H25FN6O. The number of amides is 1. The van der Waals surface area contributed by atoms with Crippen LogP contribution in [0.3, 0.4) is 0 Å². The SMILES string of the molecule is Cc1cc(F)c(C(=O)Nc2cccc(-c3ncc4n3CCCC4)n2)cc1-n1cnc(C2CC2)c1. The van der Waals surface area contributed by atoms with Gasteiger partial charge < -0.3 is 14.5 Å². The lowest BCUT2D eigenvalue weighted by Crippen LogP contribution is -2.16. The number of rotatable bonds is 5. The van der Waals surface area contributed by atoms with Crippen LogP contribution in [0.1, 0.15) is 58.9 Å². The summed E-state index contributed by atoms with van der Waals surface area (Å²) in [5, 5.41) is 2.76. The maximum absolute atomic E-state index is 14.8. The smallest absolute Gasteiger partial charge is 0.259 e. The summed E-state index contributed by atoms with van der Waals surface area (Å²) < 4.78 is 18.9. The third-order valence-electron chi connectivity index (χ3n) is 6.63. The molecule has 7 nitrogen and oxygen atoms in total. The van der Waals surface area contributed by atoms with Gasteiger partial charge in [0.1, 0.15) is 17.3 Å².